The van der Waals surface area contributed by atoms with Gasteiger partial charge in [-0.15, -0.1) is 0 Å². The van der Waals surface area contributed by atoms with Crippen molar-refractivity contribution in [2.75, 3.05) is 18.0 Å². The number of aryl methyl sites for hydroxylation is 1. The van der Waals surface area contributed by atoms with Gasteiger partial charge in [-0.3, -0.25) is 0 Å². The van der Waals surface area contributed by atoms with Gasteiger partial charge in [-0.2, -0.15) is 0 Å². The molecule has 1 aromatic carbocycles. The lowest BCUT2D eigenvalue weighted by atomic mass is 10.1. The average Bonchev–Trinajstić information content (AvgIpc) is 2.92. The Hall–Kier alpha value is -2.03. The molecule has 0 unspecified atom stereocenters. The first-order valence-corrected chi connectivity index (χ1v) is 6.75. The van der Waals surface area contributed by atoms with Crippen LogP contribution in [0, 0.1) is 6.92 Å². The zero-order valence-electron chi connectivity index (χ0n) is 11.1. The molecular weight excluding hydrogens is 236 g/mol. The summed E-state index contributed by atoms with van der Waals surface area (Å²) in [5, 5.41) is 9.70. The van der Waals surface area contributed by atoms with Crippen LogP contribution in [0.2, 0.25) is 0 Å². The molecule has 0 bridgehead atoms. The molecule has 0 amide bonds. The highest BCUT2D eigenvalue weighted by atomic mass is 16.3. The van der Waals surface area contributed by atoms with E-state index in [1.54, 1.807) is 12.1 Å². The molecule has 0 saturated carbocycles. The van der Waals surface area contributed by atoms with E-state index in [-0.39, 0.29) is 0 Å². The van der Waals surface area contributed by atoms with Crippen molar-refractivity contribution < 1.29 is 5.11 Å². The lowest BCUT2D eigenvalue weighted by Crippen LogP contribution is -2.18. The quantitative estimate of drug-likeness (QED) is 0.892. The monoisotopic (exact) mass is 254 g/mol. The number of anilines is 1. The van der Waals surface area contributed by atoms with Gasteiger partial charge in [0.1, 0.15) is 11.6 Å². The number of hydrogen-bond donors (Lipinski definition) is 1. The smallest absolute Gasteiger partial charge is 0.129 e. The van der Waals surface area contributed by atoms with Crippen LogP contribution in [0.5, 0.6) is 5.75 Å². The standard InChI is InChI=1S/C16H18N2O/c1-12-9-13(11-14(19)10-12)15-5-4-6-16(17-15)18-7-2-3-8-18/h4-6,9-11,19H,2-3,7-8H2,1H3. The minimum atomic E-state index is 0.295. The summed E-state index contributed by atoms with van der Waals surface area (Å²) in [7, 11) is 0. The first kappa shape index (κ1) is 12.0. The van der Waals surface area contributed by atoms with Crippen LogP contribution in [-0.4, -0.2) is 23.2 Å². The van der Waals surface area contributed by atoms with Crippen LogP contribution in [0.1, 0.15) is 18.4 Å². The summed E-state index contributed by atoms with van der Waals surface area (Å²) >= 11 is 0. The number of aromatic nitrogens is 1. The molecule has 1 N–H and O–H groups in total. The number of nitrogens with zero attached hydrogens (tertiary/aromatic N) is 2. The summed E-state index contributed by atoms with van der Waals surface area (Å²) in [6.07, 6.45) is 2.49. The maximum atomic E-state index is 9.70. The van der Waals surface area contributed by atoms with Crippen molar-refractivity contribution in [2.24, 2.45) is 0 Å². The topological polar surface area (TPSA) is 36.4 Å². The minimum Gasteiger partial charge on any atom is -0.508 e. The highest BCUT2D eigenvalue weighted by Crippen LogP contribution is 2.26. The number of phenols is 1. The van der Waals surface area contributed by atoms with Gasteiger partial charge in [-0.1, -0.05) is 6.07 Å². The third kappa shape index (κ3) is 2.55. The number of hydrogen-bond acceptors (Lipinski definition) is 3. The SMILES string of the molecule is Cc1cc(O)cc(-c2cccc(N3CCCC3)n2)c1. The van der Waals surface area contributed by atoms with Crippen molar-refractivity contribution in [1.82, 2.24) is 4.98 Å². The molecule has 1 aliphatic rings. The van der Waals surface area contributed by atoms with Crippen LogP contribution >= 0.6 is 0 Å². The number of phenolic OH excluding ortho intramolecular Hbond substituents is 1. The van der Waals surface area contributed by atoms with Crippen LogP contribution < -0.4 is 4.90 Å². The van der Waals surface area contributed by atoms with E-state index in [4.69, 9.17) is 4.98 Å². The van der Waals surface area contributed by atoms with Gasteiger partial charge >= 0.3 is 0 Å². The molecule has 0 aliphatic carbocycles. The highest BCUT2D eigenvalue weighted by molar-refractivity contribution is 5.64. The fraction of sp³-hybridized carbons (Fsp3) is 0.312. The largest absolute Gasteiger partial charge is 0.508 e. The van der Waals surface area contributed by atoms with Gasteiger partial charge in [0.05, 0.1) is 5.69 Å². The van der Waals surface area contributed by atoms with Crippen LogP contribution in [-0.2, 0) is 0 Å². The maximum Gasteiger partial charge on any atom is 0.129 e. The summed E-state index contributed by atoms with van der Waals surface area (Å²) in [5.41, 5.74) is 2.94. The van der Waals surface area contributed by atoms with Gasteiger partial charge in [-0.25, -0.2) is 4.98 Å². The predicted octanol–water partition coefficient (Wildman–Crippen LogP) is 3.36. The van der Waals surface area contributed by atoms with Crippen LogP contribution in [0.15, 0.2) is 36.4 Å². The molecule has 3 rings (SSSR count). The number of rotatable bonds is 2. The first-order valence-electron chi connectivity index (χ1n) is 6.75. The Bertz CT molecular complexity index is 569. The first-order chi connectivity index (χ1) is 9.22. The van der Waals surface area contributed by atoms with Crippen molar-refractivity contribution in [3.05, 3.63) is 42.0 Å². The Morgan fingerprint density at radius 3 is 2.63 bits per heavy atom. The van der Waals surface area contributed by atoms with Gasteiger partial charge in [0.15, 0.2) is 0 Å². The predicted molar refractivity (Wildman–Crippen MR) is 77.5 cm³/mol. The molecule has 1 saturated heterocycles. The van der Waals surface area contributed by atoms with Gasteiger partial charge < -0.3 is 10.0 Å². The Kier molecular flexibility index (Phi) is 3.11. The molecule has 98 valence electrons. The molecule has 1 fully saturated rings. The van der Waals surface area contributed by atoms with Crippen molar-refractivity contribution in [3.63, 3.8) is 0 Å². The fourth-order valence-corrected chi connectivity index (χ4v) is 2.62. The van der Waals surface area contributed by atoms with E-state index in [1.165, 1.54) is 12.8 Å². The van der Waals surface area contributed by atoms with Gasteiger partial charge in [-0.05, 0) is 55.7 Å². The summed E-state index contributed by atoms with van der Waals surface area (Å²) < 4.78 is 0. The molecule has 1 aliphatic heterocycles. The van der Waals surface area contributed by atoms with Crippen LogP contribution in [0.25, 0.3) is 11.3 Å². The second-order valence-electron chi connectivity index (χ2n) is 5.13. The second-order valence-corrected chi connectivity index (χ2v) is 5.13. The molecule has 0 spiro atoms. The van der Waals surface area contributed by atoms with Crippen LogP contribution in [0.4, 0.5) is 5.82 Å². The van der Waals surface area contributed by atoms with Gasteiger partial charge in [0.25, 0.3) is 0 Å². The van der Waals surface area contributed by atoms with E-state index in [0.717, 1.165) is 35.7 Å². The zero-order valence-corrected chi connectivity index (χ0v) is 11.1. The van der Waals surface area contributed by atoms with Crippen LogP contribution in [0.3, 0.4) is 0 Å². The third-order valence-corrected chi connectivity index (χ3v) is 3.52. The lowest BCUT2D eigenvalue weighted by molar-refractivity contribution is 0.475. The maximum absolute atomic E-state index is 9.70. The van der Waals surface area contributed by atoms with E-state index < -0.39 is 0 Å². The molecule has 2 aromatic rings. The normalized spacial score (nSPS) is 14.9. The average molecular weight is 254 g/mol. The Balaban J connectivity index is 1.98. The molecule has 2 heterocycles. The summed E-state index contributed by atoms with van der Waals surface area (Å²) in [6.45, 7) is 4.17. The summed E-state index contributed by atoms with van der Waals surface area (Å²) in [5.74, 6) is 1.33. The number of aromatic hydroxyl groups is 1. The molecule has 0 atom stereocenters. The highest BCUT2D eigenvalue weighted by Gasteiger charge is 2.14. The molecule has 3 heteroatoms. The van der Waals surface area contributed by atoms with E-state index in [9.17, 15) is 5.11 Å². The summed E-state index contributed by atoms with van der Waals surface area (Å²) in [4.78, 5) is 7.04. The fourth-order valence-electron chi connectivity index (χ4n) is 2.62. The molecular formula is C16H18N2O. The van der Waals surface area contributed by atoms with Crippen molar-refractivity contribution in [2.45, 2.75) is 19.8 Å². The number of benzene rings is 1. The van der Waals surface area contributed by atoms with Gasteiger partial charge in [0, 0.05) is 18.7 Å². The molecule has 1 aromatic heterocycles. The zero-order chi connectivity index (χ0) is 13.2. The van der Waals surface area contributed by atoms with Gasteiger partial charge in [0.2, 0.25) is 0 Å². The minimum absolute atomic E-state index is 0.295. The van der Waals surface area contributed by atoms with Crippen molar-refractivity contribution in [3.8, 4) is 17.0 Å². The van der Waals surface area contributed by atoms with E-state index in [1.807, 2.05) is 19.1 Å². The molecule has 3 nitrogen and oxygen atoms in total. The lowest BCUT2D eigenvalue weighted by Gasteiger charge is -2.17. The third-order valence-electron chi connectivity index (χ3n) is 3.52. The van der Waals surface area contributed by atoms with E-state index in [0.29, 0.717) is 5.75 Å². The number of pyridine rings is 1. The van der Waals surface area contributed by atoms with E-state index >= 15 is 0 Å². The second kappa shape index (κ2) is 4.92. The Morgan fingerprint density at radius 2 is 1.89 bits per heavy atom. The van der Waals surface area contributed by atoms with E-state index in [2.05, 4.69) is 17.0 Å². The molecule has 0 radical (unpaired) electrons. The molecule has 19 heavy (non-hydrogen) atoms. The summed E-state index contributed by atoms with van der Waals surface area (Å²) in [6, 6.07) is 11.7. The Morgan fingerprint density at radius 1 is 1.11 bits per heavy atom. The van der Waals surface area contributed by atoms with Crippen molar-refractivity contribution >= 4 is 5.82 Å². The van der Waals surface area contributed by atoms with Crippen molar-refractivity contribution in [1.29, 1.82) is 0 Å². The Labute approximate surface area is 113 Å².